The van der Waals surface area contributed by atoms with E-state index in [1.54, 1.807) is 30.3 Å². The van der Waals surface area contributed by atoms with Crippen molar-refractivity contribution in [2.45, 2.75) is 49.9 Å². The molecule has 0 radical (unpaired) electrons. The summed E-state index contributed by atoms with van der Waals surface area (Å²) < 4.78 is 0. The fourth-order valence-electron chi connectivity index (χ4n) is 3.27. The number of rotatable bonds is 6. The molecule has 3 N–H and O–H groups in total. The van der Waals surface area contributed by atoms with Crippen LogP contribution in [0, 0.1) is 5.92 Å². The number of carboxylic acids is 1. The van der Waals surface area contributed by atoms with Crippen LogP contribution >= 0.6 is 12.6 Å². The van der Waals surface area contributed by atoms with Gasteiger partial charge in [-0.05, 0) is 30.7 Å². The van der Waals surface area contributed by atoms with E-state index in [0.717, 1.165) is 6.42 Å². The number of ketones is 1. The fourth-order valence-corrected chi connectivity index (χ4v) is 3.47. The maximum absolute atomic E-state index is 13.4. The standard InChI is InChI=1S/C19H26N2O4S/c1-12(2)15(26)16(22)19(20,13-8-4-3-5-9-13)18(25)21-11-7-6-10-14(21)17(23)24/h3-5,8-9,12,14-15,26H,6-7,10-11,20H2,1-2H3,(H,23,24). The van der Waals surface area contributed by atoms with Crippen molar-refractivity contribution in [3.8, 4) is 0 Å². The van der Waals surface area contributed by atoms with Crippen LogP contribution in [0.15, 0.2) is 30.3 Å². The molecule has 0 aromatic heterocycles. The number of aliphatic carboxylic acids is 1. The van der Waals surface area contributed by atoms with Crippen molar-refractivity contribution < 1.29 is 19.5 Å². The van der Waals surface area contributed by atoms with Gasteiger partial charge in [-0.25, -0.2) is 4.79 Å². The second-order valence-corrected chi connectivity index (χ2v) is 7.63. The summed E-state index contributed by atoms with van der Waals surface area (Å²) in [5.74, 6) is -2.38. The number of thiol groups is 1. The van der Waals surface area contributed by atoms with Crippen LogP contribution in [0.2, 0.25) is 0 Å². The van der Waals surface area contributed by atoms with Gasteiger partial charge in [0.25, 0.3) is 5.91 Å². The Balaban J connectivity index is 2.51. The van der Waals surface area contributed by atoms with Gasteiger partial charge in [0.2, 0.25) is 0 Å². The first-order valence-electron chi connectivity index (χ1n) is 8.82. The van der Waals surface area contributed by atoms with Gasteiger partial charge in [-0.1, -0.05) is 44.2 Å². The lowest BCUT2D eigenvalue weighted by Gasteiger charge is -2.40. The maximum Gasteiger partial charge on any atom is 0.326 e. The van der Waals surface area contributed by atoms with Gasteiger partial charge in [-0.15, -0.1) is 0 Å². The number of carboxylic acid groups (broad SMARTS) is 1. The molecule has 3 unspecified atom stereocenters. The Hall–Kier alpha value is -1.86. The third-order valence-corrected chi connectivity index (χ3v) is 5.73. The Morgan fingerprint density at radius 1 is 1.23 bits per heavy atom. The summed E-state index contributed by atoms with van der Waals surface area (Å²) in [6.07, 6.45) is 1.76. The Labute approximate surface area is 159 Å². The van der Waals surface area contributed by atoms with Crippen LogP contribution in [0.1, 0.15) is 38.7 Å². The lowest BCUT2D eigenvalue weighted by molar-refractivity contribution is -0.157. The summed E-state index contributed by atoms with van der Waals surface area (Å²) >= 11 is 4.37. The molecule has 0 spiro atoms. The van der Waals surface area contributed by atoms with Crippen molar-refractivity contribution in [2.24, 2.45) is 11.7 Å². The molecule has 1 saturated heterocycles. The number of Topliss-reactive ketones (excluding diaryl/α,β-unsaturated/α-hetero) is 1. The van der Waals surface area contributed by atoms with Gasteiger partial charge in [0.1, 0.15) is 6.04 Å². The first-order valence-corrected chi connectivity index (χ1v) is 9.33. The minimum Gasteiger partial charge on any atom is -0.480 e. The number of nitrogens with two attached hydrogens (primary N) is 1. The summed E-state index contributed by atoms with van der Waals surface area (Å²) in [4.78, 5) is 39.4. The smallest absolute Gasteiger partial charge is 0.326 e. The largest absolute Gasteiger partial charge is 0.480 e. The number of amides is 1. The monoisotopic (exact) mass is 378 g/mol. The SMILES string of the molecule is CC(C)C(S)C(=O)C(N)(C(=O)N1CCCCC1C(=O)O)c1ccccc1. The van der Waals surface area contributed by atoms with Crippen molar-refractivity contribution in [1.82, 2.24) is 4.90 Å². The first kappa shape index (κ1) is 20.5. The molecule has 1 amide bonds. The summed E-state index contributed by atoms with van der Waals surface area (Å²) in [6, 6.07) is 7.44. The van der Waals surface area contributed by atoms with E-state index >= 15 is 0 Å². The van der Waals surface area contributed by atoms with Crippen molar-refractivity contribution in [3.05, 3.63) is 35.9 Å². The molecule has 1 aliphatic rings. The second kappa shape index (κ2) is 8.22. The van der Waals surface area contributed by atoms with Crippen LogP contribution in [0.3, 0.4) is 0 Å². The van der Waals surface area contributed by atoms with E-state index in [-0.39, 0.29) is 12.5 Å². The van der Waals surface area contributed by atoms with Gasteiger partial charge < -0.3 is 15.7 Å². The fraction of sp³-hybridized carbons (Fsp3) is 0.526. The van der Waals surface area contributed by atoms with Crippen molar-refractivity contribution >= 4 is 30.3 Å². The third-order valence-electron chi connectivity index (χ3n) is 4.90. The molecule has 142 valence electrons. The quantitative estimate of drug-likeness (QED) is 0.518. The minimum atomic E-state index is -1.96. The lowest BCUT2D eigenvalue weighted by Crippen LogP contribution is -2.63. The van der Waals surface area contributed by atoms with E-state index < -0.39 is 34.5 Å². The zero-order valence-electron chi connectivity index (χ0n) is 15.1. The van der Waals surface area contributed by atoms with E-state index in [4.69, 9.17) is 5.73 Å². The zero-order valence-corrected chi connectivity index (χ0v) is 16.0. The molecular formula is C19H26N2O4S. The zero-order chi connectivity index (χ0) is 19.5. The van der Waals surface area contributed by atoms with Crippen LogP contribution in [-0.2, 0) is 19.9 Å². The van der Waals surface area contributed by atoms with Crippen molar-refractivity contribution in [2.75, 3.05) is 6.54 Å². The molecule has 6 nitrogen and oxygen atoms in total. The highest BCUT2D eigenvalue weighted by Gasteiger charge is 2.50. The van der Waals surface area contributed by atoms with Crippen LogP contribution in [-0.4, -0.2) is 45.5 Å². The topological polar surface area (TPSA) is 101 Å². The van der Waals surface area contributed by atoms with Gasteiger partial charge in [-0.2, -0.15) is 12.6 Å². The Bertz CT molecular complexity index is 679. The average molecular weight is 378 g/mol. The number of likely N-dealkylation sites (tertiary alicyclic amines) is 1. The molecular weight excluding hydrogens is 352 g/mol. The van der Waals surface area contributed by atoms with Gasteiger partial charge >= 0.3 is 5.97 Å². The molecule has 0 aliphatic carbocycles. The summed E-state index contributed by atoms with van der Waals surface area (Å²) in [5, 5.41) is 8.76. The number of benzene rings is 1. The normalized spacial score (nSPS) is 21.1. The van der Waals surface area contributed by atoms with Crippen molar-refractivity contribution in [1.29, 1.82) is 0 Å². The van der Waals surface area contributed by atoms with Crippen molar-refractivity contribution in [3.63, 3.8) is 0 Å². The number of hydrogen-bond acceptors (Lipinski definition) is 5. The second-order valence-electron chi connectivity index (χ2n) is 7.08. The summed E-state index contributed by atoms with van der Waals surface area (Å²) in [7, 11) is 0. The molecule has 1 aliphatic heterocycles. The van der Waals surface area contributed by atoms with Gasteiger partial charge in [0.15, 0.2) is 11.3 Å². The van der Waals surface area contributed by atoms with Gasteiger partial charge in [0.05, 0.1) is 5.25 Å². The highest BCUT2D eigenvalue weighted by Crippen LogP contribution is 2.30. The van der Waals surface area contributed by atoms with Crippen LogP contribution < -0.4 is 5.73 Å². The van der Waals surface area contributed by atoms with E-state index in [9.17, 15) is 19.5 Å². The molecule has 3 atom stereocenters. The predicted octanol–water partition coefficient (Wildman–Crippen LogP) is 1.83. The van der Waals surface area contributed by atoms with Crippen LogP contribution in [0.4, 0.5) is 0 Å². The number of carbonyl (C=O) groups excluding carboxylic acids is 2. The number of carbonyl (C=O) groups is 3. The molecule has 0 bridgehead atoms. The Morgan fingerprint density at radius 3 is 2.38 bits per heavy atom. The Kier molecular flexibility index (Phi) is 6.47. The van der Waals surface area contributed by atoms with E-state index in [1.165, 1.54) is 4.90 Å². The number of piperidine rings is 1. The van der Waals surface area contributed by atoms with Gasteiger partial charge in [-0.3, -0.25) is 9.59 Å². The molecule has 2 rings (SSSR count). The van der Waals surface area contributed by atoms with E-state index in [0.29, 0.717) is 18.4 Å². The molecule has 1 aromatic rings. The molecule has 0 saturated carbocycles. The number of nitrogens with zero attached hydrogens (tertiary/aromatic N) is 1. The average Bonchev–Trinajstić information content (AvgIpc) is 2.66. The maximum atomic E-state index is 13.4. The van der Waals surface area contributed by atoms with E-state index in [1.807, 2.05) is 13.8 Å². The Morgan fingerprint density at radius 2 is 1.85 bits per heavy atom. The first-order chi connectivity index (χ1) is 12.2. The summed E-state index contributed by atoms with van der Waals surface area (Å²) in [6.45, 7) is 3.92. The molecule has 26 heavy (non-hydrogen) atoms. The highest BCUT2D eigenvalue weighted by molar-refractivity contribution is 7.81. The van der Waals surface area contributed by atoms with E-state index in [2.05, 4.69) is 12.6 Å². The molecule has 1 fully saturated rings. The molecule has 1 heterocycles. The van der Waals surface area contributed by atoms with Crippen LogP contribution in [0.5, 0.6) is 0 Å². The minimum absolute atomic E-state index is 0.123. The highest BCUT2D eigenvalue weighted by atomic mass is 32.1. The van der Waals surface area contributed by atoms with Gasteiger partial charge in [0, 0.05) is 6.54 Å². The predicted molar refractivity (Wildman–Crippen MR) is 102 cm³/mol. The molecule has 1 aromatic carbocycles. The summed E-state index contributed by atoms with van der Waals surface area (Å²) in [5.41, 5.74) is 4.85. The van der Waals surface area contributed by atoms with Crippen LogP contribution in [0.25, 0.3) is 0 Å². The molecule has 7 heteroatoms. The lowest BCUT2D eigenvalue weighted by atomic mass is 9.80. The number of hydrogen-bond donors (Lipinski definition) is 3. The third kappa shape index (κ3) is 3.78.